The number of hydrogen-bond acceptors (Lipinski definition) is 3. The van der Waals surface area contributed by atoms with E-state index in [1.54, 1.807) is 0 Å². The summed E-state index contributed by atoms with van der Waals surface area (Å²) >= 11 is 5.43. The maximum atomic E-state index is 12.3. The molecule has 0 fully saturated rings. The number of aliphatic hydroxyl groups is 1. The van der Waals surface area contributed by atoms with Crippen molar-refractivity contribution < 1.29 is 18.3 Å². The fourth-order valence-electron chi connectivity index (χ4n) is 0.989. The van der Waals surface area contributed by atoms with Crippen LogP contribution >= 0.6 is 11.6 Å². The van der Waals surface area contributed by atoms with Crippen molar-refractivity contribution in [2.75, 3.05) is 6.73 Å². The molecule has 1 heterocycles. The minimum atomic E-state index is -4.44. The van der Waals surface area contributed by atoms with E-state index in [1.165, 1.54) is 0 Å². The molecule has 0 aliphatic carbocycles. The van der Waals surface area contributed by atoms with E-state index >= 15 is 0 Å². The fourth-order valence-corrected chi connectivity index (χ4v) is 1.22. The van der Waals surface area contributed by atoms with Crippen LogP contribution in [0.2, 0.25) is 5.15 Å². The number of aromatic nitrogens is 1. The lowest BCUT2D eigenvalue weighted by Crippen LogP contribution is -2.16. The maximum absolute atomic E-state index is 12.3. The summed E-state index contributed by atoms with van der Waals surface area (Å²) in [5.74, 6) is 0. The average Bonchev–Trinajstić information content (AvgIpc) is 2.12. The van der Waals surface area contributed by atoms with Crippen LogP contribution in [0.25, 0.3) is 0 Å². The van der Waals surface area contributed by atoms with Crippen molar-refractivity contribution in [1.29, 1.82) is 0 Å². The second-order valence-corrected chi connectivity index (χ2v) is 3.14. The smallest absolute Gasteiger partial charge is 0.381 e. The predicted molar refractivity (Wildman–Crippen MR) is 48.2 cm³/mol. The van der Waals surface area contributed by atoms with E-state index in [1.807, 2.05) is 0 Å². The Morgan fingerprint density at radius 3 is 2.60 bits per heavy atom. The molecule has 1 rings (SSSR count). The lowest BCUT2D eigenvalue weighted by molar-refractivity contribution is -0.137. The van der Waals surface area contributed by atoms with Crippen LogP contribution in [-0.4, -0.2) is 16.8 Å². The summed E-state index contributed by atoms with van der Waals surface area (Å²) in [4.78, 5) is 3.68. The summed E-state index contributed by atoms with van der Waals surface area (Å²) < 4.78 is 36.9. The van der Waals surface area contributed by atoms with Gasteiger partial charge in [-0.25, -0.2) is 4.98 Å². The SMILES string of the molecule is OCNCc1cc(C(F)(F)F)cc(Cl)n1. The Kier molecular flexibility index (Phi) is 3.90. The highest BCUT2D eigenvalue weighted by molar-refractivity contribution is 6.29. The Labute approximate surface area is 88.9 Å². The van der Waals surface area contributed by atoms with Crippen molar-refractivity contribution in [1.82, 2.24) is 10.3 Å². The van der Waals surface area contributed by atoms with E-state index < -0.39 is 11.7 Å². The van der Waals surface area contributed by atoms with Gasteiger partial charge in [-0.1, -0.05) is 11.6 Å². The Bertz CT molecular complexity index is 343. The highest BCUT2D eigenvalue weighted by Crippen LogP contribution is 2.30. The average molecular weight is 241 g/mol. The number of pyridine rings is 1. The van der Waals surface area contributed by atoms with Crippen molar-refractivity contribution in [2.45, 2.75) is 12.7 Å². The first kappa shape index (κ1) is 12.2. The van der Waals surface area contributed by atoms with Gasteiger partial charge < -0.3 is 5.11 Å². The van der Waals surface area contributed by atoms with Gasteiger partial charge in [0.15, 0.2) is 0 Å². The molecule has 3 nitrogen and oxygen atoms in total. The third-order valence-corrected chi connectivity index (χ3v) is 1.79. The van der Waals surface area contributed by atoms with Gasteiger partial charge in [-0.15, -0.1) is 0 Å². The zero-order valence-electron chi connectivity index (χ0n) is 7.48. The highest BCUT2D eigenvalue weighted by atomic mass is 35.5. The molecule has 0 radical (unpaired) electrons. The van der Waals surface area contributed by atoms with Crippen LogP contribution in [0.1, 0.15) is 11.3 Å². The first-order valence-electron chi connectivity index (χ1n) is 3.98. The van der Waals surface area contributed by atoms with E-state index in [9.17, 15) is 13.2 Å². The Morgan fingerprint density at radius 1 is 1.40 bits per heavy atom. The topological polar surface area (TPSA) is 45.1 Å². The van der Waals surface area contributed by atoms with Gasteiger partial charge in [-0.05, 0) is 12.1 Å². The van der Waals surface area contributed by atoms with Crippen LogP contribution in [0.3, 0.4) is 0 Å². The zero-order chi connectivity index (χ0) is 11.5. The van der Waals surface area contributed by atoms with Gasteiger partial charge >= 0.3 is 6.18 Å². The van der Waals surface area contributed by atoms with Crippen molar-refractivity contribution in [2.24, 2.45) is 0 Å². The third kappa shape index (κ3) is 3.65. The second kappa shape index (κ2) is 4.78. The largest absolute Gasteiger partial charge is 0.416 e. The summed E-state index contributed by atoms with van der Waals surface area (Å²) in [6, 6.07) is 1.64. The minimum absolute atomic E-state index is 0.0279. The van der Waals surface area contributed by atoms with Crippen LogP contribution in [0.15, 0.2) is 12.1 Å². The van der Waals surface area contributed by atoms with Gasteiger partial charge in [0.2, 0.25) is 0 Å². The maximum Gasteiger partial charge on any atom is 0.416 e. The quantitative estimate of drug-likeness (QED) is 0.626. The number of halogens is 4. The Balaban J connectivity index is 2.95. The number of aliphatic hydroxyl groups excluding tert-OH is 1. The van der Waals surface area contributed by atoms with Crippen molar-refractivity contribution in [3.8, 4) is 0 Å². The molecule has 1 aromatic rings. The lowest BCUT2D eigenvalue weighted by atomic mass is 10.2. The van der Waals surface area contributed by atoms with Gasteiger partial charge in [0, 0.05) is 6.54 Å². The monoisotopic (exact) mass is 240 g/mol. The van der Waals surface area contributed by atoms with Gasteiger partial charge in [-0.3, -0.25) is 5.32 Å². The summed E-state index contributed by atoms with van der Waals surface area (Å²) in [6.45, 7) is -0.310. The van der Waals surface area contributed by atoms with Crippen molar-refractivity contribution >= 4 is 11.6 Å². The summed E-state index contributed by atoms with van der Waals surface area (Å²) in [6.07, 6.45) is -4.44. The molecule has 0 aliphatic heterocycles. The minimum Gasteiger partial charge on any atom is -0.381 e. The molecule has 0 amide bonds. The Hall–Kier alpha value is -0.850. The number of hydrogen-bond donors (Lipinski definition) is 2. The van der Waals surface area contributed by atoms with Crippen LogP contribution in [0.4, 0.5) is 13.2 Å². The molecule has 0 atom stereocenters. The third-order valence-electron chi connectivity index (χ3n) is 1.59. The number of rotatable bonds is 3. The van der Waals surface area contributed by atoms with Crippen LogP contribution in [0.5, 0.6) is 0 Å². The molecule has 1 aromatic heterocycles. The van der Waals surface area contributed by atoms with E-state index in [-0.39, 0.29) is 24.1 Å². The Morgan fingerprint density at radius 2 is 2.07 bits per heavy atom. The van der Waals surface area contributed by atoms with Crippen LogP contribution in [-0.2, 0) is 12.7 Å². The van der Waals surface area contributed by atoms with Gasteiger partial charge in [0.25, 0.3) is 0 Å². The highest BCUT2D eigenvalue weighted by Gasteiger charge is 2.31. The van der Waals surface area contributed by atoms with Crippen LogP contribution in [0, 0.1) is 0 Å². The first-order valence-corrected chi connectivity index (χ1v) is 4.36. The fraction of sp³-hybridized carbons (Fsp3) is 0.375. The molecule has 0 spiro atoms. The molecular formula is C8H8ClF3N2O. The van der Waals surface area contributed by atoms with E-state index in [0.29, 0.717) is 0 Å². The van der Waals surface area contributed by atoms with Crippen molar-refractivity contribution in [3.63, 3.8) is 0 Å². The molecular weight excluding hydrogens is 233 g/mol. The molecule has 84 valence electrons. The normalized spacial score (nSPS) is 11.8. The summed E-state index contributed by atoms with van der Waals surface area (Å²) in [7, 11) is 0. The van der Waals surface area contributed by atoms with Gasteiger partial charge in [-0.2, -0.15) is 13.2 Å². The van der Waals surface area contributed by atoms with Gasteiger partial charge in [0.05, 0.1) is 18.0 Å². The van der Waals surface area contributed by atoms with E-state index in [2.05, 4.69) is 10.3 Å². The lowest BCUT2D eigenvalue weighted by Gasteiger charge is -2.09. The molecule has 0 saturated carbocycles. The van der Waals surface area contributed by atoms with E-state index in [0.717, 1.165) is 12.1 Å². The summed E-state index contributed by atoms with van der Waals surface area (Å²) in [5.41, 5.74) is -0.721. The molecule has 0 aliphatic rings. The molecule has 0 saturated heterocycles. The van der Waals surface area contributed by atoms with Crippen LogP contribution < -0.4 is 5.32 Å². The number of nitrogens with zero attached hydrogens (tertiary/aromatic N) is 1. The van der Waals surface area contributed by atoms with Gasteiger partial charge in [0.1, 0.15) is 5.15 Å². The number of alkyl halides is 3. The first-order chi connectivity index (χ1) is 6.93. The predicted octanol–water partition coefficient (Wildman–Crippen LogP) is 1.79. The standard InChI is InChI=1S/C8H8ClF3N2O/c9-7-2-5(8(10,11)12)1-6(14-7)3-13-4-15/h1-2,13,15H,3-4H2. The van der Waals surface area contributed by atoms with E-state index in [4.69, 9.17) is 16.7 Å². The van der Waals surface area contributed by atoms with Crippen molar-refractivity contribution in [3.05, 3.63) is 28.5 Å². The zero-order valence-corrected chi connectivity index (χ0v) is 8.23. The molecule has 0 bridgehead atoms. The molecule has 7 heteroatoms. The number of nitrogens with one attached hydrogen (secondary N) is 1. The molecule has 0 aromatic carbocycles. The summed E-state index contributed by atoms with van der Waals surface area (Å²) in [5, 5.41) is 10.6. The molecule has 15 heavy (non-hydrogen) atoms. The molecule has 2 N–H and O–H groups in total. The second-order valence-electron chi connectivity index (χ2n) is 2.75. The molecule has 0 unspecified atom stereocenters.